The van der Waals surface area contributed by atoms with E-state index in [1.165, 1.54) is 7.11 Å². The van der Waals surface area contributed by atoms with Gasteiger partial charge in [0.2, 0.25) is 0 Å². The fourth-order valence-corrected chi connectivity index (χ4v) is 12.6. The number of Topliss-reactive ketones (excluding diaryl/α,β-unsaturated/α-hetero) is 1. The van der Waals surface area contributed by atoms with Gasteiger partial charge in [-0.15, -0.1) is 0 Å². The molecule has 0 aromatic heterocycles. The van der Waals surface area contributed by atoms with Crippen molar-refractivity contribution < 1.29 is 33.0 Å². The summed E-state index contributed by atoms with van der Waals surface area (Å²) >= 11 is 0. The van der Waals surface area contributed by atoms with Crippen molar-refractivity contribution in [1.29, 1.82) is 0 Å². The standard InChI is InChI=1S/C30H50O7Si/c1-8-12-17-38(18-13-9-2,19-14-10-3)36-24-15-16-28(6)30(37-28)25-22(21(5)26(35-25)34-11-4)20-23(31)29(24,30)27(32)33-7/h15-16,21-22,24-26H,8-14,17-20H2,1-7H3/t21-,22-,24+,25+,26+,28-,29+,30-/m0/s1. The van der Waals surface area contributed by atoms with Crippen molar-refractivity contribution in [1.82, 2.24) is 0 Å². The second-order valence-corrected chi connectivity index (χ2v) is 16.3. The number of esters is 1. The molecule has 4 aliphatic rings. The Morgan fingerprint density at radius 2 is 1.68 bits per heavy atom. The molecule has 8 heteroatoms. The molecule has 0 unspecified atom stereocenters. The zero-order valence-corrected chi connectivity index (χ0v) is 25.7. The zero-order valence-electron chi connectivity index (χ0n) is 24.7. The molecule has 0 bridgehead atoms. The Labute approximate surface area is 230 Å². The van der Waals surface area contributed by atoms with E-state index in [-0.39, 0.29) is 24.0 Å². The summed E-state index contributed by atoms with van der Waals surface area (Å²) in [6.45, 7) is 13.1. The summed E-state index contributed by atoms with van der Waals surface area (Å²) < 4.78 is 31.8. The summed E-state index contributed by atoms with van der Waals surface area (Å²) in [6.07, 6.45) is 9.16. The second kappa shape index (κ2) is 11.4. The van der Waals surface area contributed by atoms with Crippen molar-refractivity contribution in [2.75, 3.05) is 13.7 Å². The van der Waals surface area contributed by atoms with Crippen LogP contribution in [-0.4, -0.2) is 63.5 Å². The fraction of sp³-hybridized carbons (Fsp3) is 0.867. The molecule has 8 atom stereocenters. The van der Waals surface area contributed by atoms with Gasteiger partial charge in [-0.2, -0.15) is 0 Å². The topological polar surface area (TPSA) is 83.6 Å². The van der Waals surface area contributed by atoms with E-state index >= 15 is 0 Å². The van der Waals surface area contributed by atoms with E-state index in [0.29, 0.717) is 6.61 Å². The Balaban J connectivity index is 1.82. The minimum atomic E-state index is -2.30. The Hall–Kier alpha value is -1.06. The first kappa shape index (κ1) is 29.9. The first-order chi connectivity index (χ1) is 18.2. The number of methoxy groups -OCH3 is 1. The SMILES string of the molecule is CCCC[Si](CCCC)(CCCC)O[C@@H]1C=C[C@]2(C)O[C@@]23[C@@H]2O[C@@H](OCC)[C@@H](C)[C@@H]2CC(=O)[C@]13C(=O)OC. The highest BCUT2D eigenvalue weighted by atomic mass is 28.4. The van der Waals surface area contributed by atoms with E-state index in [0.717, 1.165) is 56.7 Å². The minimum Gasteiger partial charge on any atom is -0.468 e. The smallest absolute Gasteiger partial charge is 0.325 e. The molecular formula is C30H50O7Si. The monoisotopic (exact) mass is 550 g/mol. The molecule has 0 amide bonds. The van der Waals surface area contributed by atoms with E-state index in [4.69, 9.17) is 23.4 Å². The Kier molecular flexibility index (Phi) is 9.00. The number of carbonyl (C=O) groups is 2. The molecule has 1 spiro atoms. The van der Waals surface area contributed by atoms with Gasteiger partial charge in [-0.05, 0) is 32.0 Å². The summed E-state index contributed by atoms with van der Waals surface area (Å²) in [5, 5.41) is 0. The molecule has 2 aliphatic heterocycles. The summed E-state index contributed by atoms with van der Waals surface area (Å²) in [5.74, 6) is -0.770. The molecule has 0 radical (unpaired) electrons. The fourth-order valence-electron chi connectivity index (χ4n) is 7.75. The van der Waals surface area contributed by atoms with E-state index in [9.17, 15) is 9.59 Å². The maximum Gasteiger partial charge on any atom is 0.325 e. The van der Waals surface area contributed by atoms with E-state index in [1.807, 2.05) is 26.0 Å². The Bertz CT molecular complexity index is 885. The van der Waals surface area contributed by atoms with Crippen LogP contribution < -0.4 is 0 Å². The van der Waals surface area contributed by atoms with Gasteiger partial charge >= 0.3 is 5.97 Å². The Morgan fingerprint density at radius 3 is 2.21 bits per heavy atom. The van der Waals surface area contributed by atoms with Gasteiger partial charge in [0.05, 0.1) is 19.3 Å². The molecule has 2 saturated heterocycles. The number of hydrogen-bond donors (Lipinski definition) is 0. The van der Waals surface area contributed by atoms with Crippen LogP contribution in [0.2, 0.25) is 18.1 Å². The van der Waals surface area contributed by atoms with Gasteiger partial charge in [-0.1, -0.05) is 78.4 Å². The minimum absolute atomic E-state index is 0.0137. The predicted molar refractivity (Wildman–Crippen MR) is 148 cm³/mol. The van der Waals surface area contributed by atoms with Crippen LogP contribution in [0.25, 0.3) is 0 Å². The lowest BCUT2D eigenvalue weighted by Gasteiger charge is -2.51. The van der Waals surface area contributed by atoms with Crippen LogP contribution in [0.15, 0.2) is 12.2 Å². The van der Waals surface area contributed by atoms with Gasteiger partial charge in [0.25, 0.3) is 0 Å². The second-order valence-electron chi connectivity index (χ2n) is 12.2. The number of hydrogen-bond acceptors (Lipinski definition) is 7. The number of ether oxygens (including phenoxy) is 4. The number of ketones is 1. The quantitative estimate of drug-likeness (QED) is 0.0867. The lowest BCUT2D eigenvalue weighted by atomic mass is 9.52. The predicted octanol–water partition coefficient (Wildman–Crippen LogP) is 5.96. The third kappa shape index (κ3) is 4.37. The normalized spacial score (nSPS) is 39.4. The summed E-state index contributed by atoms with van der Waals surface area (Å²) in [7, 11) is -0.930. The van der Waals surface area contributed by atoms with Crippen molar-refractivity contribution in [2.24, 2.45) is 17.3 Å². The lowest BCUT2D eigenvalue weighted by molar-refractivity contribution is -0.198. The number of rotatable bonds is 14. The molecule has 0 N–H and O–H groups in total. The summed E-state index contributed by atoms with van der Waals surface area (Å²) in [4.78, 5) is 28.5. The van der Waals surface area contributed by atoms with Gasteiger partial charge in [0, 0.05) is 24.9 Å². The molecule has 0 aromatic carbocycles. The van der Waals surface area contributed by atoms with Crippen molar-refractivity contribution in [3.63, 3.8) is 0 Å². The lowest BCUT2D eigenvalue weighted by Crippen LogP contribution is -2.71. The third-order valence-electron chi connectivity index (χ3n) is 9.88. The molecule has 4 rings (SSSR count). The molecule has 7 nitrogen and oxygen atoms in total. The number of carbonyl (C=O) groups excluding carboxylic acids is 2. The van der Waals surface area contributed by atoms with Crippen LogP contribution >= 0.6 is 0 Å². The average Bonchev–Trinajstić information content (AvgIpc) is 3.44. The van der Waals surface area contributed by atoms with Crippen molar-refractivity contribution in [3.8, 4) is 0 Å². The van der Waals surface area contributed by atoms with Crippen molar-refractivity contribution >= 4 is 20.1 Å². The highest BCUT2D eigenvalue weighted by molar-refractivity contribution is 6.74. The summed E-state index contributed by atoms with van der Waals surface area (Å²) in [5.41, 5.74) is -3.55. The average molecular weight is 551 g/mol. The van der Waals surface area contributed by atoms with Gasteiger partial charge in [-0.25, -0.2) is 0 Å². The first-order valence-corrected chi connectivity index (χ1v) is 17.7. The van der Waals surface area contributed by atoms with Crippen LogP contribution in [0.1, 0.15) is 86.5 Å². The highest BCUT2D eigenvalue weighted by Crippen LogP contribution is 2.72. The molecule has 1 saturated carbocycles. The van der Waals surface area contributed by atoms with E-state index < -0.39 is 49.4 Å². The first-order valence-electron chi connectivity index (χ1n) is 15.1. The zero-order chi connectivity index (χ0) is 27.8. The van der Waals surface area contributed by atoms with Crippen LogP contribution in [0.4, 0.5) is 0 Å². The van der Waals surface area contributed by atoms with E-state index in [1.54, 1.807) is 0 Å². The number of fused-ring (bicyclic) bond motifs is 1. The summed E-state index contributed by atoms with van der Waals surface area (Å²) in [6, 6.07) is 3.11. The maximum atomic E-state index is 14.4. The van der Waals surface area contributed by atoms with Crippen molar-refractivity contribution in [2.45, 2.75) is 134 Å². The van der Waals surface area contributed by atoms with Gasteiger partial charge in [-0.3, -0.25) is 9.59 Å². The number of epoxide rings is 1. The largest absolute Gasteiger partial charge is 0.468 e. The maximum absolute atomic E-state index is 14.4. The van der Waals surface area contributed by atoms with Crippen molar-refractivity contribution in [3.05, 3.63) is 12.2 Å². The van der Waals surface area contributed by atoms with Crippen LogP contribution in [0, 0.1) is 17.3 Å². The third-order valence-corrected chi connectivity index (χ3v) is 14.4. The van der Waals surface area contributed by atoms with Gasteiger partial charge in [0.15, 0.2) is 31.4 Å². The molecule has 3 fully saturated rings. The molecular weight excluding hydrogens is 500 g/mol. The van der Waals surface area contributed by atoms with Crippen LogP contribution in [0.5, 0.6) is 0 Å². The molecule has 216 valence electrons. The van der Waals surface area contributed by atoms with Gasteiger partial charge in [0.1, 0.15) is 5.60 Å². The molecule has 2 aliphatic carbocycles. The van der Waals surface area contributed by atoms with Crippen LogP contribution in [-0.2, 0) is 33.0 Å². The molecule has 0 aromatic rings. The highest BCUT2D eigenvalue weighted by Gasteiger charge is 2.90. The van der Waals surface area contributed by atoms with Gasteiger partial charge < -0.3 is 23.4 Å². The van der Waals surface area contributed by atoms with E-state index in [2.05, 4.69) is 27.7 Å². The number of unbranched alkanes of at least 4 members (excludes halogenated alkanes) is 3. The Morgan fingerprint density at radius 1 is 1.08 bits per heavy atom. The van der Waals surface area contributed by atoms with Crippen LogP contribution in [0.3, 0.4) is 0 Å². The molecule has 2 heterocycles. The molecule has 38 heavy (non-hydrogen) atoms.